The van der Waals surface area contributed by atoms with Crippen LogP contribution < -0.4 is 4.90 Å². The van der Waals surface area contributed by atoms with E-state index in [2.05, 4.69) is 43.2 Å². The number of carbonyl (C=O) groups excluding carboxylic acids is 2. The Bertz CT molecular complexity index is 853. The van der Waals surface area contributed by atoms with Gasteiger partial charge in [0.05, 0.1) is 17.8 Å². The highest BCUT2D eigenvalue weighted by atomic mass is 16.2. The zero-order chi connectivity index (χ0) is 20.4. The van der Waals surface area contributed by atoms with Gasteiger partial charge in [-0.15, -0.1) is 0 Å². The lowest BCUT2D eigenvalue weighted by Gasteiger charge is -2.33. The summed E-state index contributed by atoms with van der Waals surface area (Å²) in [6.45, 7) is 6.16. The molecule has 2 saturated heterocycles. The monoisotopic (exact) mass is 394 g/mol. The van der Waals surface area contributed by atoms with Gasteiger partial charge in [-0.1, -0.05) is 30.3 Å². The molecule has 2 aliphatic rings. The minimum atomic E-state index is -0.240. The van der Waals surface area contributed by atoms with Crippen LogP contribution in [0.25, 0.3) is 0 Å². The predicted octanol–water partition coefficient (Wildman–Crippen LogP) is 3.30. The fourth-order valence-corrected chi connectivity index (χ4v) is 4.44. The lowest BCUT2D eigenvalue weighted by molar-refractivity contribution is -0.137. The molecule has 2 amide bonds. The van der Waals surface area contributed by atoms with E-state index in [0.29, 0.717) is 18.9 Å². The summed E-state index contributed by atoms with van der Waals surface area (Å²) in [5.74, 6) is 0.543. The van der Waals surface area contributed by atoms with E-state index in [1.807, 2.05) is 21.8 Å². The molecule has 0 radical (unpaired) electrons. The maximum absolute atomic E-state index is 13.0. The largest absolute Gasteiger partial charge is 0.342 e. The quantitative estimate of drug-likeness (QED) is 0.782. The van der Waals surface area contributed by atoms with Crippen LogP contribution in [0.4, 0.5) is 5.69 Å². The minimum absolute atomic E-state index is 0.0191. The maximum atomic E-state index is 13.0. The second kappa shape index (κ2) is 8.39. The Balaban J connectivity index is 1.31. The molecule has 6 heteroatoms. The Hall–Kier alpha value is -2.63. The summed E-state index contributed by atoms with van der Waals surface area (Å²) in [6.07, 6.45) is 7.07. The van der Waals surface area contributed by atoms with Crippen molar-refractivity contribution in [1.29, 1.82) is 0 Å². The summed E-state index contributed by atoms with van der Waals surface area (Å²) in [7, 11) is 0. The van der Waals surface area contributed by atoms with Gasteiger partial charge in [0.2, 0.25) is 11.8 Å². The van der Waals surface area contributed by atoms with Crippen LogP contribution in [0.1, 0.15) is 44.7 Å². The Kier molecular flexibility index (Phi) is 5.69. The number of nitrogens with zero attached hydrogens (tertiary/aromatic N) is 4. The van der Waals surface area contributed by atoms with Gasteiger partial charge in [-0.3, -0.25) is 14.3 Å². The lowest BCUT2D eigenvalue weighted by Crippen LogP contribution is -2.42. The van der Waals surface area contributed by atoms with Gasteiger partial charge < -0.3 is 9.80 Å². The first kappa shape index (κ1) is 19.7. The second-order valence-electron chi connectivity index (χ2n) is 8.64. The van der Waals surface area contributed by atoms with E-state index in [-0.39, 0.29) is 23.8 Å². The van der Waals surface area contributed by atoms with E-state index < -0.39 is 0 Å². The zero-order valence-corrected chi connectivity index (χ0v) is 17.3. The van der Waals surface area contributed by atoms with Crippen LogP contribution in [0.15, 0.2) is 42.7 Å². The van der Waals surface area contributed by atoms with Crippen LogP contribution in [-0.2, 0) is 16.0 Å². The van der Waals surface area contributed by atoms with Crippen molar-refractivity contribution in [3.63, 3.8) is 0 Å². The number of likely N-dealkylation sites (tertiary alicyclic amines) is 1. The number of rotatable bonds is 5. The molecule has 6 nitrogen and oxygen atoms in total. The number of amides is 2. The summed E-state index contributed by atoms with van der Waals surface area (Å²) in [5, 5.41) is 4.32. The molecular formula is C23H30N4O2. The van der Waals surface area contributed by atoms with E-state index in [1.165, 1.54) is 5.56 Å². The summed E-state index contributed by atoms with van der Waals surface area (Å²) in [6, 6.07) is 10.8. The standard InChI is InChI=1S/C23H30N4O2/c1-17(2)27-16-21(14-24-27)26-15-20(13-22(26)28)23(29)25-10-8-19(9-11-25)12-18-6-4-3-5-7-18/h3-7,14,16-17,19-20H,8-13,15H2,1-2H3. The molecule has 29 heavy (non-hydrogen) atoms. The van der Waals surface area contributed by atoms with Crippen LogP contribution in [0.5, 0.6) is 0 Å². The van der Waals surface area contributed by atoms with E-state index >= 15 is 0 Å². The third-order valence-corrected chi connectivity index (χ3v) is 6.20. The van der Waals surface area contributed by atoms with Crippen LogP contribution in [0.2, 0.25) is 0 Å². The molecule has 0 saturated carbocycles. The maximum Gasteiger partial charge on any atom is 0.228 e. The molecule has 2 aliphatic heterocycles. The van der Waals surface area contributed by atoms with Crippen molar-refractivity contribution >= 4 is 17.5 Å². The first-order valence-corrected chi connectivity index (χ1v) is 10.7. The van der Waals surface area contributed by atoms with Gasteiger partial charge in [0.25, 0.3) is 0 Å². The Morgan fingerprint density at radius 1 is 1.17 bits per heavy atom. The molecule has 1 aromatic carbocycles. The molecule has 4 rings (SSSR count). The SMILES string of the molecule is CC(C)n1cc(N2CC(C(=O)N3CCC(Cc4ccccc4)CC3)CC2=O)cn1. The van der Waals surface area contributed by atoms with Gasteiger partial charge in [-0.25, -0.2) is 0 Å². The Labute approximate surface area is 172 Å². The van der Waals surface area contributed by atoms with E-state index in [1.54, 1.807) is 11.1 Å². The normalized spacial score (nSPS) is 20.7. The molecular weight excluding hydrogens is 364 g/mol. The number of carbonyl (C=O) groups is 2. The molecule has 0 spiro atoms. The van der Waals surface area contributed by atoms with E-state index in [4.69, 9.17) is 0 Å². The highest BCUT2D eigenvalue weighted by Gasteiger charge is 2.38. The molecule has 3 heterocycles. The van der Waals surface area contributed by atoms with Crippen LogP contribution in [0, 0.1) is 11.8 Å². The van der Waals surface area contributed by atoms with Crippen molar-refractivity contribution in [2.24, 2.45) is 11.8 Å². The zero-order valence-electron chi connectivity index (χ0n) is 17.3. The average molecular weight is 395 g/mol. The van der Waals surface area contributed by atoms with Crippen molar-refractivity contribution in [1.82, 2.24) is 14.7 Å². The average Bonchev–Trinajstić information content (AvgIpc) is 3.36. The fraction of sp³-hybridized carbons (Fsp3) is 0.522. The minimum Gasteiger partial charge on any atom is -0.342 e. The summed E-state index contributed by atoms with van der Waals surface area (Å²) in [4.78, 5) is 29.2. The second-order valence-corrected chi connectivity index (χ2v) is 8.64. The Morgan fingerprint density at radius 3 is 2.55 bits per heavy atom. The summed E-state index contributed by atoms with van der Waals surface area (Å²) in [5.41, 5.74) is 2.16. The van der Waals surface area contributed by atoms with Gasteiger partial charge >= 0.3 is 0 Å². The molecule has 0 aliphatic carbocycles. The summed E-state index contributed by atoms with van der Waals surface area (Å²) >= 11 is 0. The van der Waals surface area contributed by atoms with Crippen molar-refractivity contribution in [3.8, 4) is 0 Å². The van der Waals surface area contributed by atoms with Crippen molar-refractivity contribution < 1.29 is 9.59 Å². The molecule has 0 N–H and O–H groups in total. The van der Waals surface area contributed by atoms with Crippen LogP contribution in [-0.4, -0.2) is 46.1 Å². The fourth-order valence-electron chi connectivity index (χ4n) is 4.44. The number of anilines is 1. The van der Waals surface area contributed by atoms with E-state index in [9.17, 15) is 9.59 Å². The smallest absolute Gasteiger partial charge is 0.228 e. The molecule has 0 bridgehead atoms. The van der Waals surface area contributed by atoms with Gasteiger partial charge in [0.15, 0.2) is 0 Å². The summed E-state index contributed by atoms with van der Waals surface area (Å²) < 4.78 is 1.84. The van der Waals surface area contributed by atoms with Crippen molar-refractivity contribution in [2.45, 2.75) is 45.6 Å². The third-order valence-electron chi connectivity index (χ3n) is 6.20. The molecule has 1 aromatic heterocycles. The van der Waals surface area contributed by atoms with Gasteiger partial charge in [0, 0.05) is 38.3 Å². The molecule has 1 atom stereocenters. The highest BCUT2D eigenvalue weighted by Crippen LogP contribution is 2.29. The Morgan fingerprint density at radius 2 is 1.90 bits per heavy atom. The third kappa shape index (κ3) is 4.36. The van der Waals surface area contributed by atoms with E-state index in [0.717, 1.165) is 38.0 Å². The molecule has 1 unspecified atom stereocenters. The molecule has 154 valence electrons. The van der Waals surface area contributed by atoms with Crippen LogP contribution in [0.3, 0.4) is 0 Å². The number of benzene rings is 1. The topological polar surface area (TPSA) is 58.4 Å². The molecule has 2 aromatic rings. The number of piperidine rings is 1. The van der Waals surface area contributed by atoms with Crippen LogP contribution >= 0.6 is 0 Å². The highest BCUT2D eigenvalue weighted by molar-refractivity contribution is 6.00. The van der Waals surface area contributed by atoms with Gasteiger partial charge in [-0.05, 0) is 44.6 Å². The number of aromatic nitrogens is 2. The predicted molar refractivity (Wildman–Crippen MR) is 113 cm³/mol. The number of hydrogen-bond donors (Lipinski definition) is 0. The first-order chi connectivity index (χ1) is 14.0. The lowest BCUT2D eigenvalue weighted by atomic mass is 9.89. The molecule has 2 fully saturated rings. The first-order valence-electron chi connectivity index (χ1n) is 10.7. The van der Waals surface area contributed by atoms with Crippen molar-refractivity contribution in [3.05, 3.63) is 48.3 Å². The van der Waals surface area contributed by atoms with Gasteiger partial charge in [-0.2, -0.15) is 5.10 Å². The van der Waals surface area contributed by atoms with Crippen molar-refractivity contribution in [2.75, 3.05) is 24.5 Å². The van der Waals surface area contributed by atoms with Gasteiger partial charge in [0.1, 0.15) is 0 Å². The number of hydrogen-bond acceptors (Lipinski definition) is 3.